The molecule has 1 atom stereocenters. The highest BCUT2D eigenvalue weighted by Crippen LogP contribution is 2.38. The summed E-state index contributed by atoms with van der Waals surface area (Å²) < 4.78 is 30.2. The van der Waals surface area contributed by atoms with Gasteiger partial charge in [-0.3, -0.25) is 4.79 Å². The molecule has 2 aromatic carbocycles. The number of methoxy groups -OCH3 is 1. The summed E-state index contributed by atoms with van der Waals surface area (Å²) in [5.41, 5.74) is 0.883. The van der Waals surface area contributed by atoms with E-state index in [2.05, 4.69) is 0 Å². The Hall–Kier alpha value is -1.80. The number of benzene rings is 2. The van der Waals surface area contributed by atoms with Gasteiger partial charge >= 0.3 is 0 Å². The number of halogens is 2. The van der Waals surface area contributed by atoms with E-state index < -0.39 is 15.9 Å². The van der Waals surface area contributed by atoms with Gasteiger partial charge in [0.1, 0.15) is 10.6 Å². The van der Waals surface area contributed by atoms with Crippen LogP contribution in [0.25, 0.3) is 10.1 Å². The molecule has 1 fully saturated rings. The zero-order valence-corrected chi connectivity index (χ0v) is 19.2. The van der Waals surface area contributed by atoms with Crippen LogP contribution in [0.15, 0.2) is 42.5 Å². The highest BCUT2D eigenvalue weighted by Gasteiger charge is 2.36. The van der Waals surface area contributed by atoms with Crippen molar-refractivity contribution in [3.8, 4) is 5.75 Å². The van der Waals surface area contributed by atoms with E-state index in [0.717, 1.165) is 15.6 Å². The van der Waals surface area contributed by atoms with Crippen LogP contribution < -0.4 is 4.74 Å². The molecule has 158 valence electrons. The van der Waals surface area contributed by atoms with Gasteiger partial charge in [-0.25, -0.2) is 8.42 Å². The molecule has 1 aliphatic rings. The molecule has 0 N–H and O–H groups in total. The molecule has 1 amide bonds. The second-order valence-electron chi connectivity index (χ2n) is 7.22. The van der Waals surface area contributed by atoms with Crippen molar-refractivity contribution in [2.24, 2.45) is 0 Å². The molecule has 0 spiro atoms. The number of amides is 1. The maximum Gasteiger partial charge on any atom is 0.266 e. The molecule has 0 radical (unpaired) electrons. The molecule has 1 aliphatic heterocycles. The third-order valence-electron chi connectivity index (χ3n) is 5.21. The first-order valence-corrected chi connectivity index (χ1v) is 12.7. The van der Waals surface area contributed by atoms with Crippen molar-refractivity contribution in [2.75, 3.05) is 18.6 Å². The summed E-state index contributed by atoms with van der Waals surface area (Å²) in [6.07, 6.45) is 0.415. The number of ether oxygens (including phenoxy) is 1. The predicted octanol–water partition coefficient (Wildman–Crippen LogP) is 5.05. The molecule has 0 aliphatic carbocycles. The summed E-state index contributed by atoms with van der Waals surface area (Å²) in [4.78, 5) is 15.6. The van der Waals surface area contributed by atoms with E-state index in [1.807, 2.05) is 24.3 Å². The summed E-state index contributed by atoms with van der Waals surface area (Å²) in [5.74, 6) is 0.489. The molecule has 0 saturated carbocycles. The normalized spacial score (nSPS) is 17.9. The van der Waals surface area contributed by atoms with E-state index >= 15 is 0 Å². The Labute approximate surface area is 189 Å². The number of rotatable bonds is 5. The van der Waals surface area contributed by atoms with Crippen LogP contribution in [0.2, 0.25) is 10.0 Å². The van der Waals surface area contributed by atoms with Crippen molar-refractivity contribution in [2.45, 2.75) is 19.0 Å². The smallest absolute Gasteiger partial charge is 0.266 e. The third kappa shape index (κ3) is 4.30. The number of thiophene rings is 1. The van der Waals surface area contributed by atoms with Gasteiger partial charge in [-0.1, -0.05) is 41.4 Å². The molecule has 1 saturated heterocycles. The lowest BCUT2D eigenvalue weighted by Crippen LogP contribution is -2.40. The van der Waals surface area contributed by atoms with Crippen LogP contribution in [0.3, 0.4) is 0 Å². The fourth-order valence-corrected chi connectivity index (χ4v) is 7.10. The van der Waals surface area contributed by atoms with Crippen molar-refractivity contribution in [3.05, 3.63) is 63.0 Å². The van der Waals surface area contributed by atoms with Crippen LogP contribution in [-0.2, 0) is 16.4 Å². The number of carbonyl (C=O) groups is 1. The Bertz CT molecular complexity index is 1210. The van der Waals surface area contributed by atoms with Crippen molar-refractivity contribution in [3.63, 3.8) is 0 Å². The van der Waals surface area contributed by atoms with Gasteiger partial charge in [-0.15, -0.1) is 11.3 Å². The molecule has 0 bridgehead atoms. The molecule has 2 heterocycles. The standard InChI is InChI=1S/C21H19Cl2NO4S2/c1-28-16-5-2-13(3-6-16)11-24(15-8-9-30(26,27)12-15)21(25)20-19(23)17-7-4-14(22)10-18(17)29-20/h2-7,10,15H,8-9,11-12H2,1H3. The zero-order valence-electron chi connectivity index (χ0n) is 16.1. The number of carbonyl (C=O) groups excluding carboxylic acids is 1. The summed E-state index contributed by atoms with van der Waals surface area (Å²) in [5, 5.41) is 1.70. The number of hydrogen-bond donors (Lipinski definition) is 0. The van der Waals surface area contributed by atoms with E-state index in [1.54, 1.807) is 30.2 Å². The number of nitrogens with zero attached hydrogens (tertiary/aromatic N) is 1. The first-order valence-electron chi connectivity index (χ1n) is 9.29. The summed E-state index contributed by atoms with van der Waals surface area (Å²) in [6.45, 7) is 0.286. The second kappa shape index (κ2) is 8.38. The Morgan fingerprint density at radius 2 is 1.93 bits per heavy atom. The average molecular weight is 484 g/mol. The zero-order chi connectivity index (χ0) is 21.5. The van der Waals surface area contributed by atoms with Gasteiger partial charge in [0.15, 0.2) is 9.84 Å². The van der Waals surface area contributed by atoms with Crippen molar-refractivity contribution in [1.82, 2.24) is 4.90 Å². The summed E-state index contributed by atoms with van der Waals surface area (Å²) in [7, 11) is -1.57. The van der Waals surface area contributed by atoms with Gasteiger partial charge < -0.3 is 9.64 Å². The fraction of sp³-hybridized carbons (Fsp3) is 0.286. The molecule has 30 heavy (non-hydrogen) atoms. The monoisotopic (exact) mass is 483 g/mol. The summed E-state index contributed by atoms with van der Waals surface area (Å²) in [6, 6.07) is 12.3. The van der Waals surface area contributed by atoms with Crippen LogP contribution >= 0.6 is 34.5 Å². The van der Waals surface area contributed by atoms with Crippen LogP contribution in [0, 0.1) is 0 Å². The third-order valence-corrected chi connectivity index (χ3v) is 8.84. The minimum Gasteiger partial charge on any atom is -0.497 e. The van der Waals surface area contributed by atoms with E-state index in [1.165, 1.54) is 11.3 Å². The van der Waals surface area contributed by atoms with Gasteiger partial charge in [-0.05, 0) is 36.2 Å². The van der Waals surface area contributed by atoms with E-state index in [9.17, 15) is 13.2 Å². The molecule has 4 rings (SSSR count). The minimum absolute atomic E-state index is 0.0385. The first-order chi connectivity index (χ1) is 14.3. The fourth-order valence-electron chi connectivity index (χ4n) is 3.62. The SMILES string of the molecule is COc1ccc(CN(C(=O)c2sc3cc(Cl)ccc3c2Cl)C2CCS(=O)(=O)C2)cc1. The average Bonchev–Trinajstić information content (AvgIpc) is 3.24. The van der Waals surface area contributed by atoms with Gasteiger partial charge in [0.05, 0.1) is 23.6 Å². The molecule has 9 heteroatoms. The Balaban J connectivity index is 1.71. The lowest BCUT2D eigenvalue weighted by molar-refractivity contribution is 0.0686. The minimum atomic E-state index is -3.16. The van der Waals surface area contributed by atoms with Crippen LogP contribution in [0.4, 0.5) is 0 Å². The maximum absolute atomic E-state index is 13.5. The first kappa shape index (κ1) is 21.4. The van der Waals surface area contributed by atoms with Crippen LogP contribution in [0.5, 0.6) is 5.75 Å². The molecule has 5 nitrogen and oxygen atoms in total. The molecule has 1 unspecified atom stereocenters. The lowest BCUT2D eigenvalue weighted by Gasteiger charge is -2.28. The van der Waals surface area contributed by atoms with Crippen molar-refractivity contribution >= 4 is 60.4 Å². The second-order valence-corrected chi connectivity index (χ2v) is 11.3. The number of hydrogen-bond acceptors (Lipinski definition) is 5. The Kier molecular flexibility index (Phi) is 5.99. The Morgan fingerprint density at radius 3 is 2.57 bits per heavy atom. The quantitative estimate of drug-likeness (QED) is 0.509. The number of fused-ring (bicyclic) bond motifs is 1. The van der Waals surface area contributed by atoms with E-state index in [0.29, 0.717) is 27.1 Å². The highest BCUT2D eigenvalue weighted by molar-refractivity contribution is 7.91. The largest absolute Gasteiger partial charge is 0.497 e. The van der Waals surface area contributed by atoms with Gasteiger partial charge in [0, 0.05) is 27.7 Å². The topological polar surface area (TPSA) is 63.7 Å². The van der Waals surface area contributed by atoms with Crippen molar-refractivity contribution < 1.29 is 17.9 Å². The lowest BCUT2D eigenvalue weighted by atomic mass is 10.1. The van der Waals surface area contributed by atoms with E-state index in [4.69, 9.17) is 27.9 Å². The molecular formula is C21H19Cl2NO4S2. The van der Waals surface area contributed by atoms with E-state index in [-0.39, 0.29) is 24.0 Å². The van der Waals surface area contributed by atoms with Crippen LogP contribution in [0.1, 0.15) is 21.7 Å². The molecular weight excluding hydrogens is 465 g/mol. The van der Waals surface area contributed by atoms with Gasteiger partial charge in [-0.2, -0.15) is 0 Å². The highest BCUT2D eigenvalue weighted by atomic mass is 35.5. The molecule has 1 aromatic heterocycles. The number of sulfone groups is 1. The summed E-state index contributed by atoms with van der Waals surface area (Å²) >= 11 is 13.9. The van der Waals surface area contributed by atoms with Gasteiger partial charge in [0.2, 0.25) is 0 Å². The van der Waals surface area contributed by atoms with Gasteiger partial charge in [0.25, 0.3) is 5.91 Å². The van der Waals surface area contributed by atoms with Crippen LogP contribution in [-0.4, -0.2) is 43.9 Å². The van der Waals surface area contributed by atoms with Crippen molar-refractivity contribution in [1.29, 1.82) is 0 Å². The molecule has 3 aromatic rings. The predicted molar refractivity (Wildman–Crippen MR) is 122 cm³/mol. The maximum atomic E-state index is 13.5. The Morgan fingerprint density at radius 1 is 1.20 bits per heavy atom.